The molecule has 0 N–H and O–H groups in total. The number of piperazine rings is 1. The Bertz CT molecular complexity index is 861. The Hall–Kier alpha value is -2.40. The van der Waals surface area contributed by atoms with E-state index in [-0.39, 0.29) is 5.82 Å². The lowest BCUT2D eigenvalue weighted by molar-refractivity contribution is 0.629. The number of halogens is 2. The second kappa shape index (κ2) is 6.24. The van der Waals surface area contributed by atoms with Gasteiger partial charge in [0.15, 0.2) is 0 Å². The van der Waals surface area contributed by atoms with Crippen molar-refractivity contribution in [1.82, 2.24) is 9.97 Å². The molecule has 1 aliphatic heterocycles. The number of rotatable bonds is 2. The molecule has 1 aliphatic rings. The molecule has 0 amide bonds. The zero-order valence-corrected chi connectivity index (χ0v) is 13.7. The van der Waals surface area contributed by atoms with Crippen molar-refractivity contribution in [3.05, 3.63) is 59.6 Å². The molecule has 0 spiro atoms. The first kappa shape index (κ1) is 15.1. The molecule has 0 bridgehead atoms. The van der Waals surface area contributed by atoms with Crippen molar-refractivity contribution in [3.8, 4) is 0 Å². The maximum Gasteiger partial charge on any atom is 0.128 e. The number of hydrogen-bond acceptors (Lipinski definition) is 4. The lowest BCUT2D eigenvalue weighted by Gasteiger charge is -2.37. The van der Waals surface area contributed by atoms with E-state index >= 15 is 0 Å². The first-order valence-electron chi connectivity index (χ1n) is 7.86. The summed E-state index contributed by atoms with van der Waals surface area (Å²) in [5.41, 5.74) is 1.79. The van der Waals surface area contributed by atoms with Gasteiger partial charge in [-0.15, -0.1) is 0 Å². The topological polar surface area (TPSA) is 32.3 Å². The summed E-state index contributed by atoms with van der Waals surface area (Å²) < 4.78 is 13.4. The molecule has 4 rings (SSSR count). The monoisotopic (exact) mass is 342 g/mol. The normalized spacial score (nSPS) is 15.1. The maximum atomic E-state index is 13.4. The zero-order valence-electron chi connectivity index (χ0n) is 13.0. The average Bonchev–Trinajstić information content (AvgIpc) is 2.62. The van der Waals surface area contributed by atoms with Gasteiger partial charge >= 0.3 is 0 Å². The molecule has 0 unspecified atom stereocenters. The van der Waals surface area contributed by atoms with E-state index in [1.54, 1.807) is 18.5 Å². The van der Waals surface area contributed by atoms with Crippen molar-refractivity contribution in [3.63, 3.8) is 0 Å². The lowest BCUT2D eigenvalue weighted by Crippen LogP contribution is -2.46. The van der Waals surface area contributed by atoms with Gasteiger partial charge in [0, 0.05) is 55.7 Å². The third-order valence-corrected chi connectivity index (χ3v) is 4.56. The molecule has 24 heavy (non-hydrogen) atoms. The second-order valence-electron chi connectivity index (χ2n) is 5.80. The summed E-state index contributed by atoms with van der Waals surface area (Å²) in [6, 6.07) is 10.6. The Morgan fingerprint density at radius 2 is 1.71 bits per heavy atom. The Morgan fingerprint density at radius 1 is 0.917 bits per heavy atom. The first-order valence-corrected chi connectivity index (χ1v) is 8.24. The van der Waals surface area contributed by atoms with Gasteiger partial charge in [0.1, 0.15) is 11.6 Å². The number of fused-ring (bicyclic) bond motifs is 1. The SMILES string of the molecule is Fc1ccc2c(N3CCN(c4ccc(Cl)cn4)CC3)ccnc2c1. The van der Waals surface area contributed by atoms with Gasteiger partial charge < -0.3 is 9.80 Å². The van der Waals surface area contributed by atoms with Crippen molar-refractivity contribution >= 4 is 34.0 Å². The summed E-state index contributed by atoms with van der Waals surface area (Å²) in [5.74, 6) is 0.687. The molecule has 1 aromatic carbocycles. The Kier molecular flexibility index (Phi) is 3.94. The van der Waals surface area contributed by atoms with Crippen molar-refractivity contribution in [2.75, 3.05) is 36.0 Å². The second-order valence-corrected chi connectivity index (χ2v) is 6.24. The van der Waals surface area contributed by atoms with E-state index in [9.17, 15) is 4.39 Å². The lowest BCUT2D eigenvalue weighted by atomic mass is 10.1. The molecule has 1 fully saturated rings. The van der Waals surface area contributed by atoms with Crippen LogP contribution in [0, 0.1) is 5.82 Å². The fraction of sp³-hybridized carbons (Fsp3) is 0.222. The Balaban J connectivity index is 1.55. The van der Waals surface area contributed by atoms with Crippen LogP contribution in [0.1, 0.15) is 0 Å². The van der Waals surface area contributed by atoms with E-state index in [2.05, 4.69) is 19.8 Å². The van der Waals surface area contributed by atoms with Gasteiger partial charge in [0.05, 0.1) is 10.5 Å². The summed E-state index contributed by atoms with van der Waals surface area (Å²) in [6.45, 7) is 3.50. The number of hydrogen-bond donors (Lipinski definition) is 0. The van der Waals surface area contributed by atoms with Crippen LogP contribution >= 0.6 is 11.6 Å². The molecule has 2 aromatic heterocycles. The number of benzene rings is 1. The van der Waals surface area contributed by atoms with E-state index in [0.29, 0.717) is 10.5 Å². The van der Waals surface area contributed by atoms with Crippen LogP contribution in [0.25, 0.3) is 10.9 Å². The van der Waals surface area contributed by atoms with E-state index in [4.69, 9.17) is 11.6 Å². The molecule has 0 aliphatic carbocycles. The van der Waals surface area contributed by atoms with Gasteiger partial charge in [-0.2, -0.15) is 0 Å². The molecule has 4 nitrogen and oxygen atoms in total. The Morgan fingerprint density at radius 3 is 2.46 bits per heavy atom. The minimum absolute atomic E-state index is 0.259. The van der Waals surface area contributed by atoms with Crippen LogP contribution in [-0.4, -0.2) is 36.1 Å². The summed E-state index contributed by atoms with van der Waals surface area (Å²) in [5, 5.41) is 1.63. The molecular weight excluding hydrogens is 327 g/mol. The minimum atomic E-state index is -0.259. The van der Waals surface area contributed by atoms with Crippen LogP contribution in [0.2, 0.25) is 5.02 Å². The molecule has 3 heterocycles. The Labute approximate surface area is 144 Å². The predicted molar refractivity (Wildman–Crippen MR) is 95.4 cm³/mol. The fourth-order valence-electron chi connectivity index (χ4n) is 3.11. The first-order chi connectivity index (χ1) is 11.7. The summed E-state index contributed by atoms with van der Waals surface area (Å²) in [7, 11) is 0. The highest BCUT2D eigenvalue weighted by atomic mass is 35.5. The predicted octanol–water partition coefficient (Wildman–Crippen LogP) is 3.75. The highest BCUT2D eigenvalue weighted by Gasteiger charge is 2.19. The molecule has 0 radical (unpaired) electrons. The van der Waals surface area contributed by atoms with Gasteiger partial charge in [0.2, 0.25) is 0 Å². The van der Waals surface area contributed by atoms with Crippen molar-refractivity contribution in [2.24, 2.45) is 0 Å². The molecule has 3 aromatic rings. The molecular formula is C18H16ClFN4. The molecule has 0 atom stereocenters. The quantitative estimate of drug-likeness (QED) is 0.710. The van der Waals surface area contributed by atoms with Crippen molar-refractivity contribution < 1.29 is 4.39 Å². The van der Waals surface area contributed by atoms with Gasteiger partial charge in [-0.25, -0.2) is 9.37 Å². The molecule has 0 saturated carbocycles. The number of anilines is 2. The fourth-order valence-corrected chi connectivity index (χ4v) is 3.23. The van der Waals surface area contributed by atoms with Crippen LogP contribution in [-0.2, 0) is 0 Å². The van der Waals surface area contributed by atoms with E-state index in [1.807, 2.05) is 18.2 Å². The zero-order chi connectivity index (χ0) is 16.5. The highest BCUT2D eigenvalue weighted by Crippen LogP contribution is 2.27. The maximum absolute atomic E-state index is 13.4. The summed E-state index contributed by atoms with van der Waals surface area (Å²) in [6.07, 6.45) is 3.42. The third-order valence-electron chi connectivity index (χ3n) is 4.34. The van der Waals surface area contributed by atoms with Crippen molar-refractivity contribution in [1.29, 1.82) is 0 Å². The van der Waals surface area contributed by atoms with Gasteiger partial charge in [-0.05, 0) is 30.3 Å². The van der Waals surface area contributed by atoms with Crippen LogP contribution in [0.15, 0.2) is 48.8 Å². The number of nitrogens with zero attached hydrogens (tertiary/aromatic N) is 4. The number of pyridine rings is 2. The van der Waals surface area contributed by atoms with Crippen LogP contribution < -0.4 is 9.80 Å². The van der Waals surface area contributed by atoms with Crippen LogP contribution in [0.5, 0.6) is 0 Å². The minimum Gasteiger partial charge on any atom is -0.367 e. The smallest absolute Gasteiger partial charge is 0.128 e. The van der Waals surface area contributed by atoms with Gasteiger partial charge in [-0.1, -0.05) is 11.6 Å². The number of aromatic nitrogens is 2. The summed E-state index contributed by atoms with van der Waals surface area (Å²) in [4.78, 5) is 13.2. The molecule has 6 heteroatoms. The summed E-state index contributed by atoms with van der Waals surface area (Å²) >= 11 is 5.90. The van der Waals surface area contributed by atoms with E-state index in [1.165, 1.54) is 12.1 Å². The van der Waals surface area contributed by atoms with Crippen LogP contribution in [0.3, 0.4) is 0 Å². The van der Waals surface area contributed by atoms with E-state index in [0.717, 1.165) is 43.1 Å². The molecule has 1 saturated heterocycles. The van der Waals surface area contributed by atoms with Gasteiger partial charge in [-0.3, -0.25) is 4.98 Å². The molecule has 122 valence electrons. The largest absolute Gasteiger partial charge is 0.367 e. The van der Waals surface area contributed by atoms with Crippen LogP contribution in [0.4, 0.5) is 15.9 Å². The highest BCUT2D eigenvalue weighted by molar-refractivity contribution is 6.30. The van der Waals surface area contributed by atoms with E-state index < -0.39 is 0 Å². The average molecular weight is 343 g/mol. The standard InChI is InChI=1S/C18H16ClFN4/c19-13-1-4-18(22-12-13)24-9-7-23(8-10-24)17-5-6-21-16-11-14(20)2-3-15(16)17/h1-6,11-12H,7-10H2. The third kappa shape index (κ3) is 2.87. The van der Waals surface area contributed by atoms with Crippen molar-refractivity contribution in [2.45, 2.75) is 0 Å². The van der Waals surface area contributed by atoms with Gasteiger partial charge in [0.25, 0.3) is 0 Å².